The van der Waals surface area contributed by atoms with Gasteiger partial charge in [0, 0.05) is 26.2 Å². The molecule has 0 aromatic heterocycles. The van der Waals surface area contributed by atoms with Crippen LogP contribution in [0, 0.1) is 0 Å². The standard InChI is InChI=1S/C8H16N4O4/c13-7(9-15)5-11-1-2-12(4-3-11)6-8(14)10-16/h15-16H,1-6H2,(H,9,13)(H,10,14). The van der Waals surface area contributed by atoms with Crippen LogP contribution in [0.25, 0.3) is 0 Å². The summed E-state index contributed by atoms with van der Waals surface area (Å²) in [7, 11) is 0. The molecule has 0 atom stereocenters. The Morgan fingerprint density at radius 3 is 1.44 bits per heavy atom. The number of hydrogen-bond acceptors (Lipinski definition) is 6. The number of piperazine rings is 1. The molecule has 0 bridgehead atoms. The Balaban J connectivity index is 2.23. The largest absolute Gasteiger partial charge is 0.292 e. The monoisotopic (exact) mass is 232 g/mol. The summed E-state index contributed by atoms with van der Waals surface area (Å²) in [6.45, 7) is 2.88. The van der Waals surface area contributed by atoms with Gasteiger partial charge in [0.25, 0.3) is 11.8 Å². The van der Waals surface area contributed by atoms with E-state index in [2.05, 4.69) is 0 Å². The topological polar surface area (TPSA) is 105 Å². The zero-order valence-electron chi connectivity index (χ0n) is 8.85. The van der Waals surface area contributed by atoms with Crippen molar-refractivity contribution >= 4 is 11.8 Å². The van der Waals surface area contributed by atoms with E-state index in [1.54, 1.807) is 11.0 Å². The van der Waals surface area contributed by atoms with E-state index in [4.69, 9.17) is 10.4 Å². The first kappa shape index (κ1) is 12.8. The van der Waals surface area contributed by atoms with Crippen molar-refractivity contribution in [1.29, 1.82) is 0 Å². The lowest BCUT2D eigenvalue weighted by Crippen LogP contribution is -2.51. The van der Waals surface area contributed by atoms with E-state index in [1.165, 1.54) is 0 Å². The fraction of sp³-hybridized carbons (Fsp3) is 0.750. The van der Waals surface area contributed by atoms with Gasteiger partial charge in [0.2, 0.25) is 0 Å². The summed E-state index contributed by atoms with van der Waals surface area (Å²) >= 11 is 0. The van der Waals surface area contributed by atoms with Crippen molar-refractivity contribution in [2.45, 2.75) is 0 Å². The normalized spacial score (nSPS) is 18.1. The van der Waals surface area contributed by atoms with Crippen molar-refractivity contribution in [3.63, 3.8) is 0 Å². The SMILES string of the molecule is O=C(CN1CCN(CC(=O)NO)CC1)NO. The second-order valence-corrected chi connectivity index (χ2v) is 3.62. The van der Waals surface area contributed by atoms with Gasteiger partial charge in [-0.05, 0) is 0 Å². The van der Waals surface area contributed by atoms with Crippen LogP contribution in [-0.4, -0.2) is 71.3 Å². The molecular formula is C8H16N4O4. The molecular weight excluding hydrogens is 216 g/mol. The van der Waals surface area contributed by atoms with Gasteiger partial charge in [0.15, 0.2) is 0 Å². The van der Waals surface area contributed by atoms with Gasteiger partial charge in [-0.2, -0.15) is 0 Å². The molecule has 16 heavy (non-hydrogen) atoms. The Labute approximate surface area is 92.7 Å². The number of nitrogens with zero attached hydrogens (tertiary/aromatic N) is 2. The van der Waals surface area contributed by atoms with Crippen LogP contribution >= 0.6 is 0 Å². The van der Waals surface area contributed by atoms with Crippen molar-refractivity contribution in [3.05, 3.63) is 0 Å². The summed E-state index contributed by atoms with van der Waals surface area (Å²) in [5.74, 6) is -0.886. The third kappa shape index (κ3) is 4.11. The minimum Gasteiger partial charge on any atom is -0.292 e. The van der Waals surface area contributed by atoms with Gasteiger partial charge in [0.1, 0.15) is 0 Å². The van der Waals surface area contributed by atoms with Gasteiger partial charge in [-0.1, -0.05) is 0 Å². The minimum atomic E-state index is -0.443. The fourth-order valence-corrected chi connectivity index (χ4v) is 1.58. The Kier molecular flexibility index (Phi) is 5.12. The zero-order valence-corrected chi connectivity index (χ0v) is 8.85. The van der Waals surface area contributed by atoms with Crippen molar-refractivity contribution in [2.75, 3.05) is 39.3 Å². The van der Waals surface area contributed by atoms with Gasteiger partial charge in [-0.15, -0.1) is 0 Å². The number of hydrogen-bond donors (Lipinski definition) is 4. The molecule has 0 aliphatic carbocycles. The molecule has 0 spiro atoms. The predicted molar refractivity (Wildman–Crippen MR) is 52.7 cm³/mol. The van der Waals surface area contributed by atoms with Gasteiger partial charge < -0.3 is 0 Å². The minimum absolute atomic E-state index is 0.149. The first-order valence-electron chi connectivity index (χ1n) is 4.96. The Hall–Kier alpha value is -1.22. The lowest BCUT2D eigenvalue weighted by Gasteiger charge is -2.33. The summed E-state index contributed by atoms with van der Waals surface area (Å²) in [6.07, 6.45) is 0. The fourth-order valence-electron chi connectivity index (χ4n) is 1.58. The average molecular weight is 232 g/mol. The number of hydroxylamine groups is 2. The molecule has 2 amide bonds. The van der Waals surface area contributed by atoms with E-state index in [-0.39, 0.29) is 13.1 Å². The Morgan fingerprint density at radius 1 is 0.875 bits per heavy atom. The van der Waals surface area contributed by atoms with Crippen molar-refractivity contribution in [2.24, 2.45) is 0 Å². The smallest absolute Gasteiger partial charge is 0.257 e. The van der Waals surface area contributed by atoms with Crippen LogP contribution in [0.3, 0.4) is 0 Å². The first-order valence-corrected chi connectivity index (χ1v) is 4.96. The summed E-state index contributed by atoms with van der Waals surface area (Å²) in [5.41, 5.74) is 3.15. The van der Waals surface area contributed by atoms with Gasteiger partial charge in [-0.25, -0.2) is 11.0 Å². The molecule has 92 valence electrons. The van der Waals surface area contributed by atoms with E-state index < -0.39 is 11.8 Å². The zero-order chi connectivity index (χ0) is 12.0. The number of nitrogens with one attached hydrogen (secondary N) is 2. The summed E-state index contributed by atoms with van der Waals surface area (Å²) in [5, 5.41) is 16.7. The molecule has 0 aromatic carbocycles. The van der Waals surface area contributed by atoms with E-state index in [1.807, 2.05) is 9.80 Å². The lowest BCUT2D eigenvalue weighted by molar-refractivity contribution is -0.133. The predicted octanol–water partition coefficient (Wildman–Crippen LogP) is -2.39. The van der Waals surface area contributed by atoms with Crippen LogP contribution in [0.1, 0.15) is 0 Å². The molecule has 1 aliphatic heterocycles. The van der Waals surface area contributed by atoms with Crippen LogP contribution in [-0.2, 0) is 9.59 Å². The highest BCUT2D eigenvalue weighted by molar-refractivity contribution is 5.77. The van der Waals surface area contributed by atoms with Crippen molar-refractivity contribution in [1.82, 2.24) is 20.8 Å². The van der Waals surface area contributed by atoms with Gasteiger partial charge in [-0.3, -0.25) is 29.8 Å². The average Bonchev–Trinajstić information content (AvgIpc) is 2.31. The first-order chi connectivity index (χ1) is 7.65. The van der Waals surface area contributed by atoms with Gasteiger partial charge >= 0.3 is 0 Å². The van der Waals surface area contributed by atoms with Crippen LogP contribution in [0.5, 0.6) is 0 Å². The van der Waals surface area contributed by atoms with Crippen LogP contribution in [0.15, 0.2) is 0 Å². The van der Waals surface area contributed by atoms with E-state index in [9.17, 15) is 9.59 Å². The second-order valence-electron chi connectivity index (χ2n) is 3.62. The van der Waals surface area contributed by atoms with E-state index in [0.717, 1.165) is 0 Å². The molecule has 4 N–H and O–H groups in total. The Bertz CT molecular complexity index is 226. The molecule has 0 radical (unpaired) electrons. The molecule has 0 unspecified atom stereocenters. The maximum absolute atomic E-state index is 10.9. The number of carbonyl (C=O) groups excluding carboxylic acids is 2. The Morgan fingerprint density at radius 2 is 1.19 bits per heavy atom. The highest BCUT2D eigenvalue weighted by Crippen LogP contribution is 2.00. The maximum Gasteiger partial charge on any atom is 0.257 e. The van der Waals surface area contributed by atoms with Crippen LogP contribution in [0.2, 0.25) is 0 Å². The molecule has 1 saturated heterocycles. The summed E-state index contributed by atoms with van der Waals surface area (Å²) < 4.78 is 0. The van der Waals surface area contributed by atoms with Crippen molar-refractivity contribution in [3.8, 4) is 0 Å². The van der Waals surface area contributed by atoms with E-state index in [0.29, 0.717) is 26.2 Å². The number of amides is 2. The molecule has 8 nitrogen and oxygen atoms in total. The highest BCUT2D eigenvalue weighted by Gasteiger charge is 2.19. The molecule has 8 heteroatoms. The maximum atomic E-state index is 10.9. The third-order valence-electron chi connectivity index (χ3n) is 2.45. The lowest BCUT2D eigenvalue weighted by atomic mass is 10.3. The number of carbonyl (C=O) groups is 2. The van der Waals surface area contributed by atoms with Crippen molar-refractivity contribution < 1.29 is 20.0 Å². The summed E-state index contributed by atoms with van der Waals surface area (Å²) in [4.78, 5) is 25.5. The van der Waals surface area contributed by atoms with Crippen LogP contribution < -0.4 is 11.0 Å². The molecule has 0 aromatic rings. The van der Waals surface area contributed by atoms with Crippen LogP contribution in [0.4, 0.5) is 0 Å². The molecule has 1 rings (SSSR count). The number of rotatable bonds is 4. The second kappa shape index (κ2) is 6.38. The molecule has 0 saturated carbocycles. The van der Waals surface area contributed by atoms with Gasteiger partial charge in [0.05, 0.1) is 13.1 Å². The third-order valence-corrected chi connectivity index (χ3v) is 2.45. The van der Waals surface area contributed by atoms with E-state index >= 15 is 0 Å². The highest BCUT2D eigenvalue weighted by atomic mass is 16.5. The molecule has 1 fully saturated rings. The summed E-state index contributed by atoms with van der Waals surface area (Å²) in [6, 6.07) is 0. The quantitative estimate of drug-likeness (QED) is 0.318. The molecule has 1 heterocycles. The molecule has 1 aliphatic rings.